The first-order valence-corrected chi connectivity index (χ1v) is 10.4. The minimum Gasteiger partial charge on any atom is -0.481 e. The Morgan fingerprint density at radius 1 is 1.00 bits per heavy atom. The standard InChI is InChI=1S/C14H21N3O10.C6H9NO2/c1-26-11(21)3-6(15)12(22)17-8(14(25)27-2)4-9(18)16-7(13(23)24)5-10(19)20;1-4-3-5(8)7(2)6(4)9/h6-8H,3-5,15H2,1-2H3,(H,16,18)(H,17,22)(H,19,20)(H,23,24);4H,3H2,1-2H3. The van der Waals surface area contributed by atoms with E-state index in [9.17, 15) is 38.4 Å². The predicted molar refractivity (Wildman–Crippen MR) is 117 cm³/mol. The van der Waals surface area contributed by atoms with Gasteiger partial charge in [-0.1, -0.05) is 6.92 Å². The highest BCUT2D eigenvalue weighted by atomic mass is 16.5. The predicted octanol–water partition coefficient (Wildman–Crippen LogP) is -3.02. The molecule has 0 aliphatic carbocycles. The average molecular weight is 518 g/mol. The normalized spacial score (nSPS) is 17.0. The molecule has 36 heavy (non-hydrogen) atoms. The number of carboxylic acid groups (broad SMARTS) is 2. The maximum absolute atomic E-state index is 11.9. The molecular formula is C20H30N4O12. The monoisotopic (exact) mass is 518 g/mol. The number of likely N-dealkylation sites (tertiary alicyclic amines) is 1. The number of rotatable bonds is 11. The lowest BCUT2D eigenvalue weighted by Crippen LogP contribution is -2.52. The van der Waals surface area contributed by atoms with E-state index in [2.05, 4.69) is 14.8 Å². The van der Waals surface area contributed by atoms with Gasteiger partial charge in [-0.05, 0) is 0 Å². The number of nitrogens with two attached hydrogens (primary N) is 1. The van der Waals surface area contributed by atoms with Gasteiger partial charge in [0.1, 0.15) is 12.1 Å². The van der Waals surface area contributed by atoms with Gasteiger partial charge >= 0.3 is 23.9 Å². The number of carbonyl (C=O) groups is 8. The zero-order valence-corrected chi connectivity index (χ0v) is 20.1. The molecule has 1 saturated heterocycles. The van der Waals surface area contributed by atoms with E-state index in [1.54, 1.807) is 6.92 Å². The summed E-state index contributed by atoms with van der Waals surface area (Å²) in [4.78, 5) is 90.9. The largest absolute Gasteiger partial charge is 0.481 e. The van der Waals surface area contributed by atoms with Crippen LogP contribution in [0.3, 0.4) is 0 Å². The smallest absolute Gasteiger partial charge is 0.328 e. The van der Waals surface area contributed by atoms with Crippen LogP contribution in [0.15, 0.2) is 0 Å². The van der Waals surface area contributed by atoms with E-state index >= 15 is 0 Å². The molecule has 6 N–H and O–H groups in total. The van der Waals surface area contributed by atoms with Crippen molar-refractivity contribution in [3.05, 3.63) is 0 Å². The quantitative estimate of drug-likeness (QED) is 0.135. The zero-order valence-electron chi connectivity index (χ0n) is 20.1. The molecule has 1 fully saturated rings. The third-order valence-corrected chi connectivity index (χ3v) is 4.76. The fourth-order valence-electron chi connectivity index (χ4n) is 2.72. The van der Waals surface area contributed by atoms with Gasteiger partial charge in [-0.15, -0.1) is 0 Å². The van der Waals surface area contributed by atoms with Crippen molar-refractivity contribution in [1.82, 2.24) is 15.5 Å². The fraction of sp³-hybridized carbons (Fsp3) is 0.600. The van der Waals surface area contributed by atoms with Crippen molar-refractivity contribution in [3.63, 3.8) is 0 Å². The Hall–Kier alpha value is -4.08. The zero-order chi connectivity index (χ0) is 28.2. The number of hydrogen-bond donors (Lipinski definition) is 5. The Bertz CT molecular complexity index is 890. The van der Waals surface area contributed by atoms with Gasteiger partial charge in [0, 0.05) is 19.4 Å². The molecule has 0 bridgehead atoms. The van der Waals surface area contributed by atoms with E-state index in [-0.39, 0.29) is 17.7 Å². The van der Waals surface area contributed by atoms with Gasteiger partial charge in [-0.3, -0.25) is 33.7 Å². The van der Waals surface area contributed by atoms with E-state index < -0.39 is 73.1 Å². The molecule has 0 spiro atoms. The Morgan fingerprint density at radius 3 is 1.94 bits per heavy atom. The third kappa shape index (κ3) is 10.9. The van der Waals surface area contributed by atoms with E-state index in [0.29, 0.717) is 6.42 Å². The Balaban J connectivity index is 0.00000113. The number of hydrogen-bond acceptors (Lipinski definition) is 11. The number of aliphatic carboxylic acids is 2. The molecule has 0 aromatic rings. The molecule has 202 valence electrons. The van der Waals surface area contributed by atoms with Crippen LogP contribution >= 0.6 is 0 Å². The first-order chi connectivity index (χ1) is 16.6. The summed E-state index contributed by atoms with van der Waals surface area (Å²) in [6, 6.07) is -4.64. The van der Waals surface area contributed by atoms with Crippen molar-refractivity contribution in [1.29, 1.82) is 0 Å². The SMILES string of the molecule is CC1CC(=O)N(C)C1=O.COC(=O)CC(N)C(=O)NC(CC(=O)NC(CC(=O)O)C(=O)O)C(=O)OC. The molecule has 1 aliphatic heterocycles. The van der Waals surface area contributed by atoms with Gasteiger partial charge in [0.05, 0.1) is 39.5 Å². The number of carboxylic acids is 2. The van der Waals surface area contributed by atoms with Crippen LogP contribution in [0.1, 0.15) is 32.6 Å². The first-order valence-electron chi connectivity index (χ1n) is 10.4. The minimum atomic E-state index is -1.73. The van der Waals surface area contributed by atoms with Gasteiger partial charge in [0.25, 0.3) is 0 Å². The van der Waals surface area contributed by atoms with Crippen LogP contribution in [0.25, 0.3) is 0 Å². The summed E-state index contributed by atoms with van der Waals surface area (Å²) in [7, 11) is 3.59. The molecule has 0 radical (unpaired) electrons. The maximum atomic E-state index is 11.9. The molecule has 1 aliphatic rings. The van der Waals surface area contributed by atoms with Crippen molar-refractivity contribution in [2.75, 3.05) is 21.3 Å². The van der Waals surface area contributed by atoms with E-state index in [1.807, 2.05) is 5.32 Å². The second kappa shape index (κ2) is 15.0. The number of amides is 4. The minimum absolute atomic E-state index is 0.0556. The maximum Gasteiger partial charge on any atom is 0.328 e. The second-order valence-corrected chi connectivity index (χ2v) is 7.63. The van der Waals surface area contributed by atoms with Gasteiger partial charge in [-0.25, -0.2) is 9.59 Å². The lowest BCUT2D eigenvalue weighted by Gasteiger charge is -2.19. The van der Waals surface area contributed by atoms with Gasteiger partial charge < -0.3 is 36.1 Å². The first kappa shape index (κ1) is 31.9. The number of methoxy groups -OCH3 is 2. The summed E-state index contributed by atoms with van der Waals surface area (Å²) in [5.41, 5.74) is 5.48. The second-order valence-electron chi connectivity index (χ2n) is 7.63. The number of nitrogens with one attached hydrogen (secondary N) is 2. The lowest BCUT2D eigenvalue weighted by molar-refractivity contribution is -0.149. The van der Waals surface area contributed by atoms with Crippen molar-refractivity contribution in [2.45, 2.75) is 50.7 Å². The molecule has 16 nitrogen and oxygen atoms in total. The Labute approximate surface area is 205 Å². The number of ether oxygens (including phenoxy) is 2. The summed E-state index contributed by atoms with van der Waals surface area (Å²) in [6.45, 7) is 1.77. The number of carbonyl (C=O) groups excluding carboxylic acids is 6. The van der Waals surface area contributed by atoms with Crippen LogP contribution in [0.5, 0.6) is 0 Å². The summed E-state index contributed by atoms with van der Waals surface area (Å²) >= 11 is 0. The lowest BCUT2D eigenvalue weighted by atomic mass is 10.1. The van der Waals surface area contributed by atoms with E-state index in [4.69, 9.17) is 15.9 Å². The topological polar surface area (TPSA) is 249 Å². The van der Waals surface area contributed by atoms with Crippen molar-refractivity contribution in [2.24, 2.45) is 11.7 Å². The summed E-state index contributed by atoms with van der Waals surface area (Å²) < 4.78 is 8.79. The van der Waals surface area contributed by atoms with Crippen LogP contribution in [0.2, 0.25) is 0 Å². The molecule has 0 saturated carbocycles. The average Bonchev–Trinajstić information content (AvgIpc) is 3.02. The fourth-order valence-corrected chi connectivity index (χ4v) is 2.72. The molecule has 16 heteroatoms. The van der Waals surface area contributed by atoms with Crippen molar-refractivity contribution < 1.29 is 58.0 Å². The van der Waals surface area contributed by atoms with Crippen molar-refractivity contribution in [3.8, 4) is 0 Å². The number of nitrogens with zero attached hydrogens (tertiary/aromatic N) is 1. The van der Waals surface area contributed by atoms with Crippen molar-refractivity contribution >= 4 is 47.5 Å². The Kier molecular flexibility index (Phi) is 13.3. The van der Waals surface area contributed by atoms with Crippen LogP contribution in [0, 0.1) is 5.92 Å². The van der Waals surface area contributed by atoms with E-state index in [1.165, 1.54) is 11.9 Å². The van der Waals surface area contributed by atoms with Gasteiger partial charge in [-0.2, -0.15) is 0 Å². The summed E-state index contributed by atoms with van der Waals surface area (Å²) in [5.74, 6) is -7.06. The molecule has 1 rings (SSSR count). The third-order valence-electron chi connectivity index (χ3n) is 4.76. The highest BCUT2D eigenvalue weighted by Crippen LogP contribution is 2.15. The van der Waals surface area contributed by atoms with Crippen LogP contribution in [-0.2, 0) is 47.8 Å². The molecule has 4 amide bonds. The van der Waals surface area contributed by atoms with Gasteiger partial charge in [0.2, 0.25) is 23.6 Å². The highest BCUT2D eigenvalue weighted by molar-refractivity contribution is 6.03. The van der Waals surface area contributed by atoms with Crippen LogP contribution < -0.4 is 16.4 Å². The summed E-state index contributed by atoms with van der Waals surface area (Å²) in [6.07, 6.45) is -1.73. The molecule has 1 heterocycles. The number of imide groups is 1. The number of esters is 2. The molecule has 0 aromatic heterocycles. The van der Waals surface area contributed by atoms with Gasteiger partial charge in [0.15, 0.2) is 0 Å². The Morgan fingerprint density at radius 2 is 1.58 bits per heavy atom. The molecule has 0 aromatic carbocycles. The van der Waals surface area contributed by atoms with E-state index in [0.717, 1.165) is 14.2 Å². The highest BCUT2D eigenvalue weighted by Gasteiger charge is 2.32. The molecular weight excluding hydrogens is 488 g/mol. The molecule has 4 unspecified atom stereocenters. The van der Waals surface area contributed by atoms with Crippen LogP contribution in [-0.4, -0.2) is 102 Å². The van der Waals surface area contributed by atoms with Crippen LogP contribution in [0.4, 0.5) is 0 Å². The molecule has 4 atom stereocenters. The summed E-state index contributed by atoms with van der Waals surface area (Å²) in [5, 5.41) is 21.5.